The van der Waals surface area contributed by atoms with Crippen LogP contribution in [0, 0.1) is 0 Å². The molecule has 0 radical (unpaired) electrons. The third-order valence-electron chi connectivity index (χ3n) is 5.53. The lowest BCUT2D eigenvalue weighted by molar-refractivity contribution is -0.269. The van der Waals surface area contributed by atoms with Gasteiger partial charge >= 0.3 is 0 Å². The second kappa shape index (κ2) is 14.0. The lowest BCUT2D eigenvalue weighted by Crippen LogP contribution is -2.62. The van der Waals surface area contributed by atoms with E-state index in [1.165, 1.54) is 44.9 Å². The Hall–Kier alpha value is -1.22. The highest BCUT2D eigenvalue weighted by molar-refractivity contribution is 5.26. The summed E-state index contributed by atoms with van der Waals surface area (Å²) in [6.07, 6.45) is 5.92. The summed E-state index contributed by atoms with van der Waals surface area (Å²) in [4.78, 5) is 0. The van der Waals surface area contributed by atoms with Gasteiger partial charge in [0, 0.05) is 0 Å². The molecule has 0 aliphatic carbocycles. The van der Waals surface area contributed by atoms with Gasteiger partial charge in [-0.2, -0.15) is 0 Å². The van der Waals surface area contributed by atoms with E-state index < -0.39 is 37.3 Å². The zero-order valence-electron chi connectivity index (χ0n) is 18.1. The van der Waals surface area contributed by atoms with Crippen LogP contribution < -0.4 is 10.5 Å². The minimum Gasteiger partial charge on any atom is -0.494 e. The standard InChI is InChI=1S/C23H39NO6/c1-2-3-4-5-6-7-8-9-14-28-18-12-10-17(11-13-18)16-29-23-20(24)22(27)21(26)19(15-25)30-23/h10-13,19-23,25-27H,2-9,14-16,24H2,1H3/t19-,20-,21-,22-,23-/m1/s1. The zero-order chi connectivity index (χ0) is 21.8. The molecule has 1 heterocycles. The van der Waals surface area contributed by atoms with Crippen molar-refractivity contribution < 1.29 is 29.5 Å². The summed E-state index contributed by atoms with van der Waals surface area (Å²) < 4.78 is 16.9. The van der Waals surface area contributed by atoms with E-state index in [-0.39, 0.29) is 6.61 Å². The van der Waals surface area contributed by atoms with Crippen molar-refractivity contribution in [2.24, 2.45) is 5.73 Å². The molecule has 30 heavy (non-hydrogen) atoms. The van der Waals surface area contributed by atoms with Crippen LogP contribution in [0.15, 0.2) is 24.3 Å². The van der Waals surface area contributed by atoms with E-state index in [1.54, 1.807) is 0 Å². The Morgan fingerprint density at radius 3 is 2.20 bits per heavy atom. The number of hydrogen-bond acceptors (Lipinski definition) is 7. The number of aliphatic hydroxyl groups excluding tert-OH is 3. The zero-order valence-corrected chi connectivity index (χ0v) is 18.1. The number of rotatable bonds is 14. The van der Waals surface area contributed by atoms with Crippen molar-refractivity contribution in [2.45, 2.75) is 95.5 Å². The maximum atomic E-state index is 9.97. The molecule has 2 rings (SSSR count). The van der Waals surface area contributed by atoms with E-state index in [0.717, 1.165) is 24.3 Å². The SMILES string of the molecule is CCCCCCCCCCOc1ccc(CO[C@@H]2O[C@H](CO)[C@@H](O)[C@H](O)[C@H]2N)cc1. The molecule has 1 saturated heterocycles. The van der Waals surface area contributed by atoms with Crippen molar-refractivity contribution >= 4 is 0 Å². The highest BCUT2D eigenvalue weighted by Crippen LogP contribution is 2.22. The van der Waals surface area contributed by atoms with E-state index in [2.05, 4.69) is 6.92 Å². The van der Waals surface area contributed by atoms with Gasteiger partial charge in [0.1, 0.15) is 24.1 Å². The number of hydrogen-bond donors (Lipinski definition) is 4. The fraction of sp³-hybridized carbons (Fsp3) is 0.739. The molecule has 1 aliphatic heterocycles. The van der Waals surface area contributed by atoms with E-state index in [1.807, 2.05) is 24.3 Å². The molecule has 1 fully saturated rings. The first-order chi connectivity index (χ1) is 14.6. The second-order valence-electron chi connectivity index (χ2n) is 8.06. The number of nitrogens with two attached hydrogens (primary N) is 1. The maximum Gasteiger partial charge on any atom is 0.176 e. The fourth-order valence-electron chi connectivity index (χ4n) is 3.54. The van der Waals surface area contributed by atoms with Crippen LogP contribution in [0.5, 0.6) is 5.75 Å². The Kier molecular flexibility index (Phi) is 11.7. The number of benzene rings is 1. The summed E-state index contributed by atoms with van der Waals surface area (Å²) in [7, 11) is 0. The average Bonchev–Trinajstić information content (AvgIpc) is 2.77. The van der Waals surface area contributed by atoms with Crippen LogP contribution >= 0.6 is 0 Å². The van der Waals surface area contributed by atoms with Crippen LogP contribution in [0.4, 0.5) is 0 Å². The van der Waals surface area contributed by atoms with Gasteiger partial charge in [-0.25, -0.2) is 0 Å². The second-order valence-corrected chi connectivity index (χ2v) is 8.06. The highest BCUT2D eigenvalue weighted by Gasteiger charge is 2.42. The monoisotopic (exact) mass is 425 g/mol. The van der Waals surface area contributed by atoms with Gasteiger partial charge in [0.05, 0.1) is 25.9 Å². The van der Waals surface area contributed by atoms with Gasteiger partial charge < -0.3 is 35.3 Å². The summed E-state index contributed by atoms with van der Waals surface area (Å²) in [6.45, 7) is 2.77. The van der Waals surface area contributed by atoms with Gasteiger partial charge in [0.15, 0.2) is 6.29 Å². The number of aliphatic hydroxyl groups is 3. The molecule has 7 nitrogen and oxygen atoms in total. The molecule has 5 N–H and O–H groups in total. The molecule has 0 bridgehead atoms. The summed E-state index contributed by atoms with van der Waals surface area (Å²) >= 11 is 0. The van der Waals surface area contributed by atoms with Gasteiger partial charge in [0.25, 0.3) is 0 Å². The summed E-state index contributed by atoms with van der Waals surface area (Å²) in [6, 6.07) is 6.73. The summed E-state index contributed by atoms with van der Waals surface area (Å²) in [5.74, 6) is 0.825. The van der Waals surface area contributed by atoms with Crippen molar-refractivity contribution in [1.29, 1.82) is 0 Å². The van der Waals surface area contributed by atoms with E-state index >= 15 is 0 Å². The van der Waals surface area contributed by atoms with Gasteiger partial charge in [-0.3, -0.25) is 0 Å². The van der Waals surface area contributed by atoms with E-state index in [4.69, 9.17) is 19.9 Å². The Morgan fingerprint density at radius 1 is 0.933 bits per heavy atom. The molecule has 0 amide bonds. The fourth-order valence-corrected chi connectivity index (χ4v) is 3.54. The predicted octanol–water partition coefficient (Wildman–Crippen LogP) is 2.49. The normalized spacial score (nSPS) is 26.6. The van der Waals surface area contributed by atoms with Crippen LogP contribution in [-0.2, 0) is 16.1 Å². The van der Waals surface area contributed by atoms with Gasteiger partial charge in [-0.15, -0.1) is 0 Å². The molecule has 0 aromatic heterocycles. The predicted molar refractivity (Wildman–Crippen MR) is 115 cm³/mol. The molecule has 1 aliphatic rings. The molecule has 0 unspecified atom stereocenters. The molecule has 0 saturated carbocycles. The molecule has 5 atom stereocenters. The van der Waals surface area contributed by atoms with Crippen molar-refractivity contribution in [2.75, 3.05) is 13.2 Å². The molecular weight excluding hydrogens is 386 g/mol. The Morgan fingerprint density at radius 2 is 1.57 bits per heavy atom. The minimum atomic E-state index is -1.23. The van der Waals surface area contributed by atoms with Gasteiger partial charge in [0.2, 0.25) is 0 Å². The van der Waals surface area contributed by atoms with Gasteiger partial charge in [-0.1, -0.05) is 64.0 Å². The first kappa shape index (κ1) is 25.0. The molecule has 1 aromatic rings. The third-order valence-corrected chi connectivity index (χ3v) is 5.53. The van der Waals surface area contributed by atoms with E-state index in [9.17, 15) is 15.3 Å². The molecule has 1 aromatic carbocycles. The topological polar surface area (TPSA) is 114 Å². The first-order valence-electron chi connectivity index (χ1n) is 11.3. The Balaban J connectivity index is 1.63. The molecular formula is C23H39NO6. The average molecular weight is 426 g/mol. The minimum absolute atomic E-state index is 0.234. The Labute approximate surface area is 180 Å². The summed E-state index contributed by atoms with van der Waals surface area (Å²) in [5.41, 5.74) is 6.78. The maximum absolute atomic E-state index is 9.97. The van der Waals surface area contributed by atoms with Crippen LogP contribution in [0.25, 0.3) is 0 Å². The van der Waals surface area contributed by atoms with Crippen molar-refractivity contribution in [3.8, 4) is 5.75 Å². The van der Waals surface area contributed by atoms with Crippen LogP contribution in [0.1, 0.15) is 63.9 Å². The smallest absolute Gasteiger partial charge is 0.176 e. The van der Waals surface area contributed by atoms with Crippen LogP contribution in [0.3, 0.4) is 0 Å². The Bertz CT molecular complexity index is 567. The number of ether oxygens (including phenoxy) is 3. The largest absolute Gasteiger partial charge is 0.494 e. The molecule has 7 heteroatoms. The highest BCUT2D eigenvalue weighted by atomic mass is 16.7. The van der Waals surface area contributed by atoms with Crippen LogP contribution in [-0.4, -0.2) is 59.2 Å². The molecule has 172 valence electrons. The van der Waals surface area contributed by atoms with Gasteiger partial charge in [-0.05, 0) is 24.1 Å². The lowest BCUT2D eigenvalue weighted by Gasteiger charge is -2.40. The number of unbranched alkanes of at least 4 members (excludes halogenated alkanes) is 7. The molecule has 0 spiro atoms. The van der Waals surface area contributed by atoms with E-state index in [0.29, 0.717) is 0 Å². The lowest BCUT2D eigenvalue weighted by atomic mass is 9.98. The quantitative estimate of drug-likeness (QED) is 0.339. The van der Waals surface area contributed by atoms with Crippen molar-refractivity contribution in [3.05, 3.63) is 29.8 Å². The first-order valence-corrected chi connectivity index (χ1v) is 11.3. The van der Waals surface area contributed by atoms with Crippen LogP contribution in [0.2, 0.25) is 0 Å². The third kappa shape index (κ3) is 8.13. The van der Waals surface area contributed by atoms with Crippen molar-refractivity contribution in [3.63, 3.8) is 0 Å². The van der Waals surface area contributed by atoms with Crippen molar-refractivity contribution in [1.82, 2.24) is 0 Å². The summed E-state index contributed by atoms with van der Waals surface area (Å²) in [5, 5.41) is 29.0.